The van der Waals surface area contributed by atoms with Gasteiger partial charge < -0.3 is 0 Å². The average molecular weight is 219 g/mol. The summed E-state index contributed by atoms with van der Waals surface area (Å²) in [5.74, 6) is 0. The van der Waals surface area contributed by atoms with Gasteiger partial charge in [0.1, 0.15) is 0 Å². The minimum atomic E-state index is 0.776. The van der Waals surface area contributed by atoms with Crippen LogP contribution in [0.25, 0.3) is 0 Å². The summed E-state index contributed by atoms with van der Waals surface area (Å²) in [7, 11) is 0. The lowest BCUT2D eigenvalue weighted by atomic mass is 10.1. The minimum Gasteiger partial charge on any atom is -0.261 e. The Balaban J connectivity index is 1.96. The highest BCUT2D eigenvalue weighted by atomic mass is 35.5. The molecule has 0 unspecified atom stereocenters. The number of aromatic nitrogens is 2. The van der Waals surface area contributed by atoms with Gasteiger partial charge in [0.15, 0.2) is 0 Å². The van der Waals surface area contributed by atoms with E-state index in [-0.39, 0.29) is 0 Å². The van der Waals surface area contributed by atoms with Crippen LogP contribution < -0.4 is 0 Å². The summed E-state index contributed by atoms with van der Waals surface area (Å²) in [5.41, 5.74) is 2.29. The van der Waals surface area contributed by atoms with Crippen LogP contribution >= 0.6 is 11.6 Å². The molecule has 0 bridgehead atoms. The van der Waals surface area contributed by atoms with Crippen molar-refractivity contribution in [2.75, 3.05) is 0 Å². The van der Waals surface area contributed by atoms with Gasteiger partial charge in [-0.1, -0.05) is 23.7 Å². The molecular formula is C12H11ClN2. The van der Waals surface area contributed by atoms with Crippen LogP contribution in [-0.2, 0) is 12.8 Å². The van der Waals surface area contributed by atoms with E-state index in [4.69, 9.17) is 11.6 Å². The molecule has 76 valence electrons. The first-order chi connectivity index (χ1) is 7.34. The molecule has 0 aliphatic heterocycles. The van der Waals surface area contributed by atoms with Crippen LogP contribution in [0.15, 0.2) is 42.9 Å². The van der Waals surface area contributed by atoms with Gasteiger partial charge in [-0.05, 0) is 30.5 Å². The van der Waals surface area contributed by atoms with Crippen LogP contribution in [0, 0.1) is 0 Å². The topological polar surface area (TPSA) is 25.8 Å². The van der Waals surface area contributed by atoms with Crippen molar-refractivity contribution in [2.45, 2.75) is 12.8 Å². The van der Waals surface area contributed by atoms with Crippen molar-refractivity contribution in [3.8, 4) is 0 Å². The second-order valence-electron chi connectivity index (χ2n) is 3.32. The van der Waals surface area contributed by atoms with E-state index in [9.17, 15) is 0 Å². The van der Waals surface area contributed by atoms with Crippen molar-refractivity contribution in [3.63, 3.8) is 0 Å². The van der Waals surface area contributed by atoms with Gasteiger partial charge in [0.25, 0.3) is 0 Å². The second-order valence-corrected chi connectivity index (χ2v) is 3.76. The van der Waals surface area contributed by atoms with E-state index < -0.39 is 0 Å². The van der Waals surface area contributed by atoms with Gasteiger partial charge in [0.2, 0.25) is 0 Å². The molecule has 0 saturated carbocycles. The molecule has 0 aliphatic carbocycles. The van der Waals surface area contributed by atoms with Gasteiger partial charge in [-0.15, -0.1) is 0 Å². The Bertz CT molecular complexity index is 411. The summed E-state index contributed by atoms with van der Waals surface area (Å²) in [5, 5.41) is 0.776. The number of halogens is 1. The van der Waals surface area contributed by atoms with Gasteiger partial charge in [-0.3, -0.25) is 9.97 Å². The molecular weight excluding hydrogens is 208 g/mol. The SMILES string of the molecule is Clc1ccc(CCc2cnccn2)cc1. The molecule has 15 heavy (non-hydrogen) atoms. The number of aryl methyl sites for hydroxylation is 2. The quantitative estimate of drug-likeness (QED) is 0.792. The van der Waals surface area contributed by atoms with Crippen molar-refractivity contribution in [1.29, 1.82) is 0 Å². The highest BCUT2D eigenvalue weighted by Gasteiger charge is 1.96. The molecule has 2 nitrogen and oxygen atoms in total. The van der Waals surface area contributed by atoms with Gasteiger partial charge in [0, 0.05) is 23.6 Å². The summed E-state index contributed by atoms with van der Waals surface area (Å²) in [6.45, 7) is 0. The van der Waals surface area contributed by atoms with Crippen LogP contribution in [0.4, 0.5) is 0 Å². The Morgan fingerprint density at radius 1 is 1.00 bits per heavy atom. The van der Waals surface area contributed by atoms with Gasteiger partial charge in [-0.25, -0.2) is 0 Å². The van der Waals surface area contributed by atoms with E-state index >= 15 is 0 Å². The number of benzene rings is 1. The monoisotopic (exact) mass is 218 g/mol. The fourth-order valence-electron chi connectivity index (χ4n) is 1.38. The predicted molar refractivity (Wildman–Crippen MR) is 60.9 cm³/mol. The molecule has 1 heterocycles. The maximum atomic E-state index is 5.81. The number of hydrogen-bond acceptors (Lipinski definition) is 2. The maximum Gasteiger partial charge on any atom is 0.0589 e. The standard InChI is InChI=1S/C12H11ClN2/c13-11-4-1-10(2-5-11)3-6-12-9-14-7-8-15-12/h1-2,4-5,7-9H,3,6H2. The number of hydrogen-bond donors (Lipinski definition) is 0. The first-order valence-corrected chi connectivity index (χ1v) is 5.22. The van der Waals surface area contributed by atoms with Crippen LogP contribution in [0.3, 0.4) is 0 Å². The Morgan fingerprint density at radius 3 is 2.47 bits per heavy atom. The van der Waals surface area contributed by atoms with Crippen molar-refractivity contribution in [2.24, 2.45) is 0 Å². The highest BCUT2D eigenvalue weighted by Crippen LogP contribution is 2.11. The molecule has 0 aliphatic rings. The Morgan fingerprint density at radius 2 is 1.80 bits per heavy atom. The predicted octanol–water partition coefficient (Wildman–Crippen LogP) is 2.92. The van der Waals surface area contributed by atoms with Crippen LogP contribution in [0.5, 0.6) is 0 Å². The lowest BCUT2D eigenvalue weighted by Crippen LogP contribution is -1.94. The summed E-state index contributed by atoms with van der Waals surface area (Å²) >= 11 is 5.81. The smallest absolute Gasteiger partial charge is 0.0589 e. The largest absolute Gasteiger partial charge is 0.261 e. The summed E-state index contributed by atoms with van der Waals surface area (Å²) in [6, 6.07) is 7.90. The van der Waals surface area contributed by atoms with Crippen molar-refractivity contribution < 1.29 is 0 Å². The van der Waals surface area contributed by atoms with E-state index in [1.807, 2.05) is 24.3 Å². The fraction of sp³-hybridized carbons (Fsp3) is 0.167. The zero-order valence-electron chi connectivity index (χ0n) is 8.23. The maximum absolute atomic E-state index is 5.81. The molecule has 3 heteroatoms. The average Bonchev–Trinajstić information content (AvgIpc) is 2.30. The molecule has 1 aromatic heterocycles. The highest BCUT2D eigenvalue weighted by molar-refractivity contribution is 6.30. The summed E-state index contributed by atoms with van der Waals surface area (Å²) in [4.78, 5) is 8.25. The van der Waals surface area contributed by atoms with Crippen molar-refractivity contribution in [1.82, 2.24) is 9.97 Å². The van der Waals surface area contributed by atoms with Crippen molar-refractivity contribution >= 4 is 11.6 Å². The third-order valence-electron chi connectivity index (χ3n) is 2.20. The summed E-state index contributed by atoms with van der Waals surface area (Å²) in [6.07, 6.45) is 7.09. The molecule has 0 atom stereocenters. The normalized spacial score (nSPS) is 10.2. The van der Waals surface area contributed by atoms with E-state index in [2.05, 4.69) is 9.97 Å². The van der Waals surface area contributed by atoms with E-state index in [0.29, 0.717) is 0 Å². The lowest BCUT2D eigenvalue weighted by Gasteiger charge is -2.00. The number of nitrogens with zero attached hydrogens (tertiary/aromatic N) is 2. The fourth-order valence-corrected chi connectivity index (χ4v) is 1.51. The molecule has 2 rings (SSSR count). The van der Waals surface area contributed by atoms with Crippen LogP contribution in [-0.4, -0.2) is 9.97 Å². The number of rotatable bonds is 3. The second kappa shape index (κ2) is 4.89. The molecule has 1 aromatic carbocycles. The van der Waals surface area contributed by atoms with Gasteiger partial charge in [0.05, 0.1) is 5.69 Å². The zero-order valence-corrected chi connectivity index (χ0v) is 8.98. The third kappa shape index (κ3) is 3.03. The lowest BCUT2D eigenvalue weighted by molar-refractivity contribution is 0.899. The first-order valence-electron chi connectivity index (χ1n) is 4.84. The van der Waals surface area contributed by atoms with Gasteiger partial charge >= 0.3 is 0 Å². The zero-order chi connectivity index (χ0) is 10.5. The summed E-state index contributed by atoms with van der Waals surface area (Å²) < 4.78 is 0. The molecule has 0 fully saturated rings. The van der Waals surface area contributed by atoms with Crippen LogP contribution in [0.1, 0.15) is 11.3 Å². The Kier molecular flexibility index (Phi) is 3.30. The van der Waals surface area contributed by atoms with Gasteiger partial charge in [-0.2, -0.15) is 0 Å². The molecule has 2 aromatic rings. The first kappa shape index (κ1) is 10.1. The van der Waals surface area contributed by atoms with Crippen molar-refractivity contribution in [3.05, 3.63) is 59.1 Å². The van der Waals surface area contributed by atoms with Crippen LogP contribution in [0.2, 0.25) is 5.02 Å². The molecule has 0 N–H and O–H groups in total. The Hall–Kier alpha value is -1.41. The third-order valence-corrected chi connectivity index (χ3v) is 2.45. The Labute approximate surface area is 94.0 Å². The van der Waals surface area contributed by atoms with E-state index in [0.717, 1.165) is 23.6 Å². The molecule has 0 spiro atoms. The molecule has 0 saturated heterocycles. The van der Waals surface area contributed by atoms with E-state index in [1.165, 1.54) is 5.56 Å². The minimum absolute atomic E-state index is 0.776. The van der Waals surface area contributed by atoms with E-state index in [1.54, 1.807) is 18.6 Å². The molecule has 0 amide bonds. The molecule has 0 radical (unpaired) electrons.